The van der Waals surface area contributed by atoms with Gasteiger partial charge in [0, 0.05) is 69.2 Å². The van der Waals surface area contributed by atoms with Gasteiger partial charge in [-0.15, -0.1) is 0 Å². The summed E-state index contributed by atoms with van der Waals surface area (Å²) in [7, 11) is 0. The largest absolute Gasteiger partial charge is 0.354 e. The Labute approximate surface area is 289 Å². The summed E-state index contributed by atoms with van der Waals surface area (Å²) in [6, 6.07) is 27.8. The second-order valence-electron chi connectivity index (χ2n) is 12.3. The van der Waals surface area contributed by atoms with Crippen LogP contribution in [-0.2, 0) is 5.75 Å². The van der Waals surface area contributed by atoms with Crippen molar-refractivity contribution in [3.63, 3.8) is 0 Å². The lowest BCUT2D eigenvalue weighted by atomic mass is 10.0. The van der Waals surface area contributed by atoms with E-state index in [9.17, 15) is 9.59 Å². The lowest BCUT2D eigenvalue weighted by Gasteiger charge is -2.35. The number of halogens is 1. The van der Waals surface area contributed by atoms with Crippen molar-refractivity contribution in [2.75, 3.05) is 50.7 Å². The molecule has 48 heavy (non-hydrogen) atoms. The fourth-order valence-corrected chi connectivity index (χ4v) is 7.55. The van der Waals surface area contributed by atoms with E-state index in [2.05, 4.69) is 56.2 Å². The van der Waals surface area contributed by atoms with Crippen LogP contribution in [0.15, 0.2) is 101 Å². The number of H-pyrrole nitrogens is 1. The van der Waals surface area contributed by atoms with Crippen molar-refractivity contribution in [2.24, 2.45) is 0 Å². The molecule has 2 fully saturated rings. The third-order valence-electron chi connectivity index (χ3n) is 9.14. The Kier molecular flexibility index (Phi) is 9.92. The number of amides is 1. The molecule has 9 nitrogen and oxygen atoms in total. The molecule has 3 aromatic carbocycles. The monoisotopic (exact) mass is 679 g/mol. The number of carbonyl (C=O) groups excluding carboxylic acids is 1. The number of hydrogen-bond donors (Lipinski definition) is 1. The number of likely N-dealkylation sites (tertiary alicyclic amines) is 1. The summed E-state index contributed by atoms with van der Waals surface area (Å²) in [4.78, 5) is 44.8. The zero-order chi connectivity index (χ0) is 32.9. The second-order valence-corrected chi connectivity index (χ2v) is 13.6. The van der Waals surface area contributed by atoms with Gasteiger partial charge in [-0.3, -0.25) is 14.3 Å². The van der Waals surface area contributed by atoms with Gasteiger partial charge >= 0.3 is 5.69 Å². The van der Waals surface area contributed by atoms with E-state index in [0.717, 1.165) is 68.0 Å². The molecule has 0 spiro atoms. The molecule has 2 aliphatic rings. The van der Waals surface area contributed by atoms with Crippen LogP contribution in [0.1, 0.15) is 40.4 Å². The number of imidazole rings is 1. The number of carbonyl (C=O) groups is 1. The van der Waals surface area contributed by atoms with Crippen molar-refractivity contribution < 1.29 is 4.79 Å². The lowest BCUT2D eigenvalue weighted by molar-refractivity contribution is 0.0695. The fraction of sp³-hybridized carbons (Fsp3) is 0.297. The van der Waals surface area contributed by atoms with Crippen molar-refractivity contribution in [3.05, 3.63) is 123 Å². The number of anilines is 1. The molecule has 11 heteroatoms. The van der Waals surface area contributed by atoms with Gasteiger partial charge in [0.25, 0.3) is 5.91 Å². The Hall–Kier alpha value is -4.38. The van der Waals surface area contributed by atoms with E-state index in [-0.39, 0.29) is 17.6 Å². The van der Waals surface area contributed by atoms with Crippen molar-refractivity contribution in [1.82, 2.24) is 29.3 Å². The normalized spacial score (nSPS) is 16.3. The number of nitrogens with one attached hydrogen (secondary N) is 1. The second kappa shape index (κ2) is 14.8. The number of benzene rings is 3. The average Bonchev–Trinajstić information content (AvgIpc) is 3.47. The minimum Gasteiger partial charge on any atom is -0.354 e. The molecule has 2 aliphatic heterocycles. The minimum absolute atomic E-state index is 0.0223. The number of rotatable bonds is 9. The van der Waals surface area contributed by atoms with Gasteiger partial charge in [-0.25, -0.2) is 14.8 Å². The molecule has 0 saturated carbocycles. The molecule has 0 bridgehead atoms. The topological polar surface area (TPSA) is 90.4 Å². The molecule has 246 valence electrons. The first-order chi connectivity index (χ1) is 23.5. The zero-order valence-electron chi connectivity index (χ0n) is 26.7. The summed E-state index contributed by atoms with van der Waals surface area (Å²) in [5, 5.41) is 1.08. The molecular weight excluding hydrogens is 642 g/mol. The molecule has 1 N–H and O–H groups in total. The number of piperazine rings is 1. The minimum atomic E-state index is -0.0877. The molecule has 0 radical (unpaired) electrons. The number of aromatic amines is 1. The Morgan fingerprint density at radius 1 is 0.896 bits per heavy atom. The number of hydrogen-bond acceptors (Lipinski definition) is 7. The first-order valence-electron chi connectivity index (χ1n) is 16.4. The highest BCUT2D eigenvalue weighted by atomic mass is 35.5. The van der Waals surface area contributed by atoms with Crippen LogP contribution < -0.4 is 10.6 Å². The van der Waals surface area contributed by atoms with Crippen LogP contribution >= 0.6 is 23.4 Å². The first-order valence-corrected chi connectivity index (χ1v) is 17.8. The lowest BCUT2D eigenvalue weighted by Crippen LogP contribution is -2.46. The van der Waals surface area contributed by atoms with Gasteiger partial charge < -0.3 is 14.8 Å². The van der Waals surface area contributed by atoms with E-state index in [1.54, 1.807) is 0 Å². The standard InChI is InChI=1S/C37H38ClN7O2S/c38-33-25-34(43-23-21-42(22-24-43)18-6-9-27-7-2-1-3-8-27)41-36(40-33)48-26-28-12-14-29(15-13-28)35(46)44-19-16-30(17-20-44)45-32-11-5-4-10-31(32)39-37(45)47/h1-15,25,30H,16-24,26H2,(H,39,47). The smallest absolute Gasteiger partial charge is 0.326 e. The molecule has 5 aromatic rings. The van der Waals surface area contributed by atoms with Crippen LogP contribution in [0, 0.1) is 0 Å². The first kappa shape index (κ1) is 32.2. The molecule has 2 saturated heterocycles. The number of thioether (sulfide) groups is 1. The van der Waals surface area contributed by atoms with E-state index < -0.39 is 0 Å². The molecule has 1 amide bonds. The van der Waals surface area contributed by atoms with E-state index >= 15 is 0 Å². The summed E-state index contributed by atoms with van der Waals surface area (Å²) in [6.45, 7) is 5.82. The molecular formula is C37H38ClN7O2S. The molecule has 0 unspecified atom stereocenters. The highest BCUT2D eigenvalue weighted by Crippen LogP contribution is 2.28. The SMILES string of the molecule is O=C(c1ccc(CSc2nc(Cl)cc(N3CCN(CC=Cc4ccccc4)CC3)n2)cc1)N1CCC(n2c(=O)[nH]c3ccccc32)CC1. The van der Waals surface area contributed by atoms with Gasteiger partial charge in [-0.1, -0.05) is 90.1 Å². The van der Waals surface area contributed by atoms with Crippen molar-refractivity contribution >= 4 is 52.2 Å². The summed E-state index contributed by atoms with van der Waals surface area (Å²) < 4.78 is 1.85. The van der Waals surface area contributed by atoms with Gasteiger partial charge in [0.1, 0.15) is 11.0 Å². The Balaban J connectivity index is 0.895. The van der Waals surface area contributed by atoms with Crippen LogP contribution in [0.4, 0.5) is 5.82 Å². The van der Waals surface area contributed by atoms with Gasteiger partial charge in [0.2, 0.25) is 0 Å². The van der Waals surface area contributed by atoms with Crippen LogP contribution in [0.2, 0.25) is 5.15 Å². The maximum absolute atomic E-state index is 13.3. The predicted octanol–water partition coefficient (Wildman–Crippen LogP) is 6.38. The highest BCUT2D eigenvalue weighted by Gasteiger charge is 2.27. The third-order valence-corrected chi connectivity index (χ3v) is 10.3. The van der Waals surface area contributed by atoms with Gasteiger partial charge in [-0.2, -0.15) is 0 Å². The van der Waals surface area contributed by atoms with E-state index in [4.69, 9.17) is 16.6 Å². The molecule has 0 aliphatic carbocycles. The summed E-state index contributed by atoms with van der Waals surface area (Å²) in [5.74, 6) is 1.55. The number of nitrogens with zero attached hydrogens (tertiary/aromatic N) is 6. The number of piperidine rings is 1. The highest BCUT2D eigenvalue weighted by molar-refractivity contribution is 7.98. The molecule has 7 rings (SSSR count). The van der Waals surface area contributed by atoms with Crippen LogP contribution in [-0.4, -0.2) is 81.0 Å². The zero-order valence-corrected chi connectivity index (χ0v) is 28.2. The summed E-state index contributed by atoms with van der Waals surface area (Å²) in [5.41, 5.74) is 4.64. The molecule has 0 atom stereocenters. The Bertz CT molecular complexity index is 1940. The molecule has 4 heterocycles. The van der Waals surface area contributed by atoms with Crippen LogP contribution in [0.3, 0.4) is 0 Å². The van der Waals surface area contributed by atoms with Gasteiger partial charge in [-0.05, 0) is 48.2 Å². The van der Waals surface area contributed by atoms with Crippen molar-refractivity contribution in [2.45, 2.75) is 29.8 Å². The van der Waals surface area contributed by atoms with Crippen LogP contribution in [0.5, 0.6) is 0 Å². The van der Waals surface area contributed by atoms with Crippen LogP contribution in [0.25, 0.3) is 17.1 Å². The fourth-order valence-electron chi connectivity index (χ4n) is 6.51. The third kappa shape index (κ3) is 7.51. The summed E-state index contributed by atoms with van der Waals surface area (Å²) >= 11 is 7.98. The maximum atomic E-state index is 13.3. The quantitative estimate of drug-likeness (QED) is 0.110. The Morgan fingerprint density at radius 3 is 2.40 bits per heavy atom. The van der Waals surface area contributed by atoms with Gasteiger partial charge in [0.15, 0.2) is 5.16 Å². The predicted molar refractivity (Wildman–Crippen MR) is 194 cm³/mol. The number of aromatic nitrogens is 4. The number of fused-ring (bicyclic) bond motifs is 1. The van der Waals surface area contributed by atoms with E-state index in [1.807, 2.05) is 70.1 Å². The van der Waals surface area contributed by atoms with E-state index in [1.165, 1.54) is 17.3 Å². The van der Waals surface area contributed by atoms with Crippen molar-refractivity contribution in [3.8, 4) is 0 Å². The van der Waals surface area contributed by atoms with E-state index in [0.29, 0.717) is 34.7 Å². The Morgan fingerprint density at radius 2 is 1.62 bits per heavy atom. The number of para-hydroxylation sites is 2. The maximum Gasteiger partial charge on any atom is 0.326 e. The van der Waals surface area contributed by atoms with Crippen molar-refractivity contribution in [1.29, 1.82) is 0 Å². The molecule has 2 aromatic heterocycles. The average molecular weight is 680 g/mol. The van der Waals surface area contributed by atoms with Gasteiger partial charge in [0.05, 0.1) is 11.0 Å². The summed E-state index contributed by atoms with van der Waals surface area (Å²) in [6.07, 6.45) is 5.88.